The zero-order valence-corrected chi connectivity index (χ0v) is 29.2. The van der Waals surface area contributed by atoms with E-state index in [-0.39, 0.29) is 41.3 Å². The van der Waals surface area contributed by atoms with Crippen LogP contribution in [0.25, 0.3) is 11.1 Å². The molecule has 54 heavy (non-hydrogen) atoms. The predicted molar refractivity (Wildman–Crippen MR) is 216 cm³/mol. The van der Waals surface area contributed by atoms with Crippen LogP contribution in [0.1, 0.15) is 59.2 Å². The average Bonchev–Trinajstić information content (AvgIpc) is 3.59. The third-order valence-electron chi connectivity index (χ3n) is 9.09. The summed E-state index contributed by atoms with van der Waals surface area (Å²) in [4.78, 5) is 41.9. The first-order valence-electron chi connectivity index (χ1n) is 17.5. The fourth-order valence-corrected chi connectivity index (χ4v) is 6.26. The van der Waals surface area contributed by atoms with Crippen LogP contribution in [0.3, 0.4) is 0 Å². The highest BCUT2D eigenvalue weighted by atomic mass is 16.6. The summed E-state index contributed by atoms with van der Waals surface area (Å²) in [6, 6.07) is 35.6. The van der Waals surface area contributed by atoms with Gasteiger partial charge in [0, 0.05) is 32.2 Å². The van der Waals surface area contributed by atoms with Crippen molar-refractivity contribution in [2.75, 3.05) is 13.1 Å². The summed E-state index contributed by atoms with van der Waals surface area (Å²) in [5.74, 6) is -1.78. The Kier molecular flexibility index (Phi) is 18.6. The molecular weight excluding hydrogens is 681 g/mol. The minimum Gasteiger partial charge on any atom is -0.436 e. The second-order valence-corrected chi connectivity index (χ2v) is 13.4. The molecule has 10 heteroatoms. The van der Waals surface area contributed by atoms with E-state index >= 15 is 0 Å². The maximum absolute atomic E-state index is 13.7. The van der Waals surface area contributed by atoms with Gasteiger partial charge in [-0.25, -0.2) is 4.79 Å². The van der Waals surface area contributed by atoms with Gasteiger partial charge < -0.3 is 30.9 Å². The van der Waals surface area contributed by atoms with Crippen LogP contribution in [0.4, 0.5) is 4.79 Å². The summed E-state index contributed by atoms with van der Waals surface area (Å²) in [7, 11) is 0. The molecular formula is C44H60N4O6. The molecule has 1 aliphatic rings. The van der Waals surface area contributed by atoms with Crippen LogP contribution in [-0.2, 0) is 33.8 Å². The van der Waals surface area contributed by atoms with Crippen molar-refractivity contribution in [3.05, 3.63) is 132 Å². The molecule has 1 heterocycles. The van der Waals surface area contributed by atoms with Crippen LogP contribution in [0, 0.1) is 5.92 Å². The Labute approximate surface area is 322 Å². The van der Waals surface area contributed by atoms with Crippen LogP contribution in [0.5, 0.6) is 0 Å². The zero-order valence-electron chi connectivity index (χ0n) is 29.2. The van der Waals surface area contributed by atoms with Gasteiger partial charge in [-0.15, -0.1) is 0 Å². The van der Waals surface area contributed by atoms with E-state index in [0.29, 0.717) is 13.0 Å². The van der Waals surface area contributed by atoms with Crippen LogP contribution in [0.2, 0.25) is 0 Å². The van der Waals surface area contributed by atoms with Gasteiger partial charge in [-0.2, -0.15) is 0 Å². The van der Waals surface area contributed by atoms with Crippen LogP contribution >= 0.6 is 0 Å². The number of nitrogens with one attached hydrogen (secondary N) is 3. The number of ether oxygens (including phenoxy) is 1. The summed E-state index contributed by atoms with van der Waals surface area (Å²) < 4.78 is 5.55. The van der Waals surface area contributed by atoms with Gasteiger partial charge in [0.15, 0.2) is 12.2 Å². The number of nitrogens with zero attached hydrogens (tertiary/aromatic N) is 1. The molecule has 5 atom stereocenters. The Morgan fingerprint density at radius 1 is 0.741 bits per heavy atom. The van der Waals surface area contributed by atoms with Crippen molar-refractivity contribution in [3.8, 4) is 11.1 Å². The van der Waals surface area contributed by atoms with E-state index in [1.54, 1.807) is 13.8 Å². The average molecular weight is 741 g/mol. The normalized spacial score (nSPS) is 15.9. The lowest BCUT2D eigenvalue weighted by molar-refractivity contribution is -0.140. The molecule has 5 unspecified atom stereocenters. The maximum Gasteiger partial charge on any atom is 0.408 e. The number of hydrogen-bond donors (Lipinski definition) is 5. The van der Waals surface area contributed by atoms with Gasteiger partial charge in [0.1, 0.15) is 6.10 Å². The van der Waals surface area contributed by atoms with E-state index in [1.165, 1.54) is 5.56 Å². The Bertz CT molecular complexity index is 1690. The van der Waals surface area contributed by atoms with Gasteiger partial charge in [-0.05, 0) is 46.6 Å². The molecule has 0 aromatic heterocycles. The van der Waals surface area contributed by atoms with E-state index in [1.807, 2.05) is 103 Å². The highest BCUT2D eigenvalue weighted by molar-refractivity contribution is 5.85. The lowest BCUT2D eigenvalue weighted by Crippen LogP contribution is -2.57. The molecule has 1 saturated heterocycles. The van der Waals surface area contributed by atoms with Gasteiger partial charge in [0.05, 0.1) is 6.04 Å². The molecule has 292 valence electrons. The van der Waals surface area contributed by atoms with Crippen LogP contribution in [0.15, 0.2) is 115 Å². The molecule has 1 fully saturated rings. The summed E-state index contributed by atoms with van der Waals surface area (Å²) in [5, 5.41) is 31.0. The quantitative estimate of drug-likeness (QED) is 0.0957. The second kappa shape index (κ2) is 22.2. The van der Waals surface area contributed by atoms with Gasteiger partial charge in [-0.3, -0.25) is 14.5 Å². The van der Waals surface area contributed by atoms with Crippen molar-refractivity contribution in [1.82, 2.24) is 20.9 Å². The van der Waals surface area contributed by atoms with E-state index in [0.717, 1.165) is 35.3 Å². The third-order valence-corrected chi connectivity index (χ3v) is 9.09. The maximum atomic E-state index is 13.7. The Hall–Kier alpha value is -5.03. The standard InChI is InChI=1S/C41H48N4O6.3CH4/c1-28(2)38(51-41(50)42-25-30-12-6-3-7-13-30)40(49)44-35(24-29-18-20-33(21-19-29)32-16-10-5-11-17-32)36(46)37(47)39(48)43-34-22-23-45(27-34)26-31-14-8-4-9-15-31;;;/h3-21,28,34-38,46-47H,22-27H2,1-2H3,(H,42,50)(H,43,48)(H,44,49);3*1H4. The van der Waals surface area contributed by atoms with Crippen molar-refractivity contribution in [1.29, 1.82) is 0 Å². The predicted octanol–water partition coefficient (Wildman–Crippen LogP) is 6.35. The zero-order chi connectivity index (χ0) is 36.2. The number of rotatable bonds is 15. The molecule has 4 aromatic carbocycles. The first-order chi connectivity index (χ1) is 24.7. The second-order valence-electron chi connectivity index (χ2n) is 13.4. The summed E-state index contributed by atoms with van der Waals surface area (Å²) in [6.07, 6.45) is -4.64. The fourth-order valence-electron chi connectivity index (χ4n) is 6.26. The molecule has 0 bridgehead atoms. The van der Waals surface area contributed by atoms with Crippen molar-refractivity contribution in [3.63, 3.8) is 0 Å². The lowest BCUT2D eigenvalue weighted by atomic mass is 9.94. The number of aliphatic hydroxyl groups excluding tert-OH is 2. The highest BCUT2D eigenvalue weighted by Crippen LogP contribution is 2.21. The Morgan fingerprint density at radius 3 is 1.89 bits per heavy atom. The minimum absolute atomic E-state index is 0. The number of aliphatic hydroxyl groups is 2. The Balaban J connectivity index is 0.00000336. The largest absolute Gasteiger partial charge is 0.436 e. The summed E-state index contributed by atoms with van der Waals surface area (Å²) in [5.41, 5.74) is 4.84. The van der Waals surface area contributed by atoms with E-state index < -0.39 is 48.2 Å². The SMILES string of the molecule is C.C.C.CC(C)C(OC(=O)NCc1ccccc1)C(=O)NC(Cc1ccc(-c2ccccc2)cc1)C(O)C(O)C(=O)NC1CCN(Cc2ccccc2)C1. The fraction of sp³-hybridized carbons (Fsp3) is 0.386. The van der Waals surface area contributed by atoms with Crippen molar-refractivity contribution >= 4 is 17.9 Å². The summed E-state index contributed by atoms with van der Waals surface area (Å²) in [6.45, 7) is 5.85. The molecule has 0 radical (unpaired) electrons. The molecule has 4 aromatic rings. The highest BCUT2D eigenvalue weighted by Gasteiger charge is 2.37. The van der Waals surface area contributed by atoms with Crippen molar-refractivity contribution in [2.45, 2.75) is 92.5 Å². The molecule has 3 amide bonds. The number of benzene rings is 4. The molecule has 0 saturated carbocycles. The van der Waals surface area contributed by atoms with E-state index in [2.05, 4.69) is 33.0 Å². The number of alkyl carbamates (subject to hydrolysis) is 1. The van der Waals surface area contributed by atoms with Crippen LogP contribution < -0.4 is 16.0 Å². The topological polar surface area (TPSA) is 140 Å². The molecule has 5 rings (SSSR count). The minimum atomic E-state index is -1.82. The van der Waals surface area contributed by atoms with Gasteiger partial charge in [0.2, 0.25) is 0 Å². The van der Waals surface area contributed by atoms with E-state index in [4.69, 9.17) is 4.74 Å². The van der Waals surface area contributed by atoms with Crippen LogP contribution in [-0.4, -0.2) is 76.5 Å². The van der Waals surface area contributed by atoms with Gasteiger partial charge in [0.25, 0.3) is 11.8 Å². The number of hydrogen-bond acceptors (Lipinski definition) is 7. The first kappa shape index (κ1) is 45.1. The molecule has 0 spiro atoms. The number of carbonyl (C=O) groups is 3. The van der Waals surface area contributed by atoms with Gasteiger partial charge in [-0.1, -0.05) is 151 Å². The third kappa shape index (κ3) is 13.1. The van der Waals surface area contributed by atoms with Crippen molar-refractivity contribution in [2.24, 2.45) is 5.92 Å². The number of amides is 3. The number of carbonyl (C=O) groups excluding carboxylic acids is 3. The lowest BCUT2D eigenvalue weighted by Gasteiger charge is -2.30. The smallest absolute Gasteiger partial charge is 0.408 e. The summed E-state index contributed by atoms with van der Waals surface area (Å²) >= 11 is 0. The molecule has 10 nitrogen and oxygen atoms in total. The van der Waals surface area contributed by atoms with Gasteiger partial charge >= 0.3 is 6.09 Å². The molecule has 0 aliphatic carbocycles. The number of likely N-dealkylation sites (tertiary alicyclic amines) is 1. The first-order valence-corrected chi connectivity index (χ1v) is 17.5. The molecule has 5 N–H and O–H groups in total. The van der Waals surface area contributed by atoms with Crippen molar-refractivity contribution < 1.29 is 29.3 Å². The van der Waals surface area contributed by atoms with E-state index in [9.17, 15) is 24.6 Å². The molecule has 1 aliphatic heterocycles. The Morgan fingerprint density at radius 2 is 1.30 bits per heavy atom. The monoisotopic (exact) mass is 740 g/mol.